The molecular formula is C17H22N4O3S. The molecule has 0 aromatic carbocycles. The molecule has 0 aliphatic carbocycles. The fourth-order valence-corrected chi connectivity index (χ4v) is 3.46. The molecule has 1 fully saturated rings. The lowest BCUT2D eigenvalue weighted by molar-refractivity contribution is -0.00454. The number of ether oxygens (including phenoxy) is 2. The molecule has 0 bridgehead atoms. The molecule has 0 unspecified atom stereocenters. The van der Waals surface area contributed by atoms with Gasteiger partial charge in [-0.05, 0) is 20.2 Å². The van der Waals surface area contributed by atoms with Gasteiger partial charge in [0, 0.05) is 30.6 Å². The minimum atomic E-state index is -0.234. The van der Waals surface area contributed by atoms with Gasteiger partial charge >= 0.3 is 0 Å². The van der Waals surface area contributed by atoms with E-state index in [0.29, 0.717) is 31.2 Å². The molecule has 2 aromatic heterocycles. The zero-order chi connectivity index (χ0) is 17.6. The maximum atomic E-state index is 12.5. The van der Waals surface area contributed by atoms with Crippen LogP contribution in [0.15, 0.2) is 29.8 Å². The van der Waals surface area contributed by atoms with Crippen LogP contribution in [-0.2, 0) is 11.3 Å². The maximum absolute atomic E-state index is 12.5. The Hall–Kier alpha value is -2.03. The molecule has 0 saturated carbocycles. The van der Waals surface area contributed by atoms with E-state index < -0.39 is 0 Å². The summed E-state index contributed by atoms with van der Waals surface area (Å²) < 4.78 is 11.4. The van der Waals surface area contributed by atoms with Crippen molar-refractivity contribution >= 4 is 17.2 Å². The fourth-order valence-electron chi connectivity index (χ4n) is 2.57. The van der Waals surface area contributed by atoms with E-state index in [4.69, 9.17) is 9.47 Å². The van der Waals surface area contributed by atoms with Crippen LogP contribution in [0.4, 0.5) is 0 Å². The Kier molecular flexibility index (Phi) is 5.95. The second-order valence-corrected chi connectivity index (χ2v) is 7.07. The highest BCUT2D eigenvalue weighted by Crippen LogP contribution is 2.17. The van der Waals surface area contributed by atoms with Crippen LogP contribution in [0.2, 0.25) is 0 Å². The number of carbonyl (C=O) groups excluding carboxylic acids is 1. The summed E-state index contributed by atoms with van der Waals surface area (Å²) in [4.78, 5) is 23.1. The summed E-state index contributed by atoms with van der Waals surface area (Å²) in [5.41, 5.74) is 0.434. The lowest BCUT2D eigenvalue weighted by Gasteiger charge is -2.31. The van der Waals surface area contributed by atoms with Crippen LogP contribution >= 0.6 is 11.3 Å². The Balaban J connectivity index is 1.62. The van der Waals surface area contributed by atoms with Gasteiger partial charge in [-0.3, -0.25) is 4.79 Å². The summed E-state index contributed by atoms with van der Waals surface area (Å²) in [5.74, 6) is 0.349. The maximum Gasteiger partial charge on any atom is 0.271 e. The first-order valence-corrected chi connectivity index (χ1v) is 9.05. The van der Waals surface area contributed by atoms with E-state index in [0.717, 1.165) is 11.6 Å². The highest BCUT2D eigenvalue weighted by Gasteiger charge is 2.30. The third-order valence-corrected chi connectivity index (χ3v) is 4.59. The van der Waals surface area contributed by atoms with Crippen molar-refractivity contribution in [1.29, 1.82) is 0 Å². The lowest BCUT2D eigenvalue weighted by atomic mass is 10.1. The molecule has 1 amide bonds. The van der Waals surface area contributed by atoms with Gasteiger partial charge in [-0.25, -0.2) is 9.97 Å². The molecule has 1 aliphatic rings. The fraction of sp³-hybridized carbons (Fsp3) is 0.471. The molecule has 2 atom stereocenters. The van der Waals surface area contributed by atoms with Gasteiger partial charge in [0.2, 0.25) is 5.88 Å². The van der Waals surface area contributed by atoms with Gasteiger partial charge in [0.25, 0.3) is 5.91 Å². The summed E-state index contributed by atoms with van der Waals surface area (Å²) in [6, 6.07) is 5.28. The number of rotatable bonds is 6. The number of hydrogen-bond donors (Lipinski definition) is 1. The van der Waals surface area contributed by atoms with Gasteiger partial charge in [-0.1, -0.05) is 6.07 Å². The van der Waals surface area contributed by atoms with E-state index in [1.807, 2.05) is 37.2 Å². The predicted molar refractivity (Wildman–Crippen MR) is 94.8 cm³/mol. The van der Waals surface area contributed by atoms with Gasteiger partial charge in [0.05, 0.1) is 19.3 Å². The van der Waals surface area contributed by atoms with Gasteiger partial charge in [-0.15, -0.1) is 11.3 Å². The van der Waals surface area contributed by atoms with E-state index in [9.17, 15) is 4.79 Å². The van der Waals surface area contributed by atoms with E-state index in [1.54, 1.807) is 11.6 Å². The van der Waals surface area contributed by atoms with Crippen molar-refractivity contribution in [3.05, 3.63) is 40.5 Å². The van der Waals surface area contributed by atoms with Crippen molar-refractivity contribution < 1.29 is 14.3 Å². The Morgan fingerprint density at radius 3 is 3.12 bits per heavy atom. The number of thiazole rings is 1. The Morgan fingerprint density at radius 1 is 1.48 bits per heavy atom. The van der Waals surface area contributed by atoms with Gasteiger partial charge in [0.1, 0.15) is 16.8 Å². The number of nitrogens with one attached hydrogen (secondary N) is 1. The van der Waals surface area contributed by atoms with E-state index in [1.165, 1.54) is 11.3 Å². The molecule has 0 radical (unpaired) electrons. The summed E-state index contributed by atoms with van der Waals surface area (Å²) in [7, 11) is 3.94. The summed E-state index contributed by atoms with van der Waals surface area (Å²) >= 11 is 1.49. The Labute approximate surface area is 151 Å². The molecule has 3 heterocycles. The number of aromatic nitrogens is 2. The van der Waals surface area contributed by atoms with E-state index in [2.05, 4.69) is 15.3 Å². The molecular weight excluding hydrogens is 340 g/mol. The molecule has 3 rings (SSSR count). The van der Waals surface area contributed by atoms with Crippen LogP contribution in [-0.4, -0.2) is 60.2 Å². The van der Waals surface area contributed by atoms with Gasteiger partial charge in [0.15, 0.2) is 0 Å². The molecule has 2 aromatic rings. The van der Waals surface area contributed by atoms with Crippen LogP contribution in [0, 0.1) is 0 Å². The van der Waals surface area contributed by atoms with Crippen LogP contribution in [0.3, 0.4) is 0 Å². The molecule has 7 nitrogen and oxygen atoms in total. The highest BCUT2D eigenvalue weighted by molar-refractivity contribution is 7.09. The van der Waals surface area contributed by atoms with Gasteiger partial charge in [-0.2, -0.15) is 0 Å². The van der Waals surface area contributed by atoms with Crippen molar-refractivity contribution in [2.24, 2.45) is 0 Å². The molecule has 25 heavy (non-hydrogen) atoms. The Morgan fingerprint density at radius 2 is 2.36 bits per heavy atom. The number of carbonyl (C=O) groups is 1. The molecule has 1 aliphatic heterocycles. The number of nitrogens with zero attached hydrogens (tertiary/aromatic N) is 3. The first kappa shape index (κ1) is 17.8. The first-order chi connectivity index (χ1) is 12.1. The third kappa shape index (κ3) is 4.97. The van der Waals surface area contributed by atoms with Crippen molar-refractivity contribution in [3.8, 4) is 5.88 Å². The molecule has 1 N–H and O–H groups in total. The lowest BCUT2D eigenvalue weighted by Crippen LogP contribution is -2.52. The van der Waals surface area contributed by atoms with Gasteiger partial charge < -0.3 is 19.7 Å². The zero-order valence-corrected chi connectivity index (χ0v) is 15.2. The average Bonchev–Trinajstić information content (AvgIpc) is 3.05. The SMILES string of the molecule is CN(C)Cc1nc(C(=O)N[C@@H]2COCC[C@H]2Oc2ccccn2)cs1. The van der Waals surface area contributed by atoms with Crippen LogP contribution in [0.1, 0.15) is 21.9 Å². The summed E-state index contributed by atoms with van der Waals surface area (Å²) in [6.45, 7) is 1.74. The zero-order valence-electron chi connectivity index (χ0n) is 14.3. The van der Waals surface area contributed by atoms with Crippen molar-refractivity contribution in [1.82, 2.24) is 20.2 Å². The topological polar surface area (TPSA) is 76.6 Å². The van der Waals surface area contributed by atoms with E-state index >= 15 is 0 Å². The number of pyridine rings is 1. The predicted octanol–water partition coefficient (Wildman–Crippen LogP) is 1.57. The molecule has 0 spiro atoms. The second kappa shape index (κ2) is 8.37. The Bertz CT molecular complexity index is 692. The highest BCUT2D eigenvalue weighted by atomic mass is 32.1. The smallest absolute Gasteiger partial charge is 0.271 e. The van der Waals surface area contributed by atoms with Crippen molar-refractivity contribution in [2.45, 2.75) is 25.1 Å². The average molecular weight is 362 g/mol. The second-order valence-electron chi connectivity index (χ2n) is 6.13. The van der Waals surface area contributed by atoms with E-state index in [-0.39, 0.29) is 18.1 Å². The quantitative estimate of drug-likeness (QED) is 0.841. The minimum Gasteiger partial charge on any atom is -0.472 e. The van der Waals surface area contributed by atoms with Crippen LogP contribution < -0.4 is 10.1 Å². The van der Waals surface area contributed by atoms with Crippen molar-refractivity contribution in [3.63, 3.8) is 0 Å². The van der Waals surface area contributed by atoms with Crippen molar-refractivity contribution in [2.75, 3.05) is 27.3 Å². The summed E-state index contributed by atoms with van der Waals surface area (Å²) in [5, 5.41) is 5.68. The molecule has 134 valence electrons. The van der Waals surface area contributed by atoms with Crippen LogP contribution in [0.5, 0.6) is 5.88 Å². The molecule has 8 heteroatoms. The monoisotopic (exact) mass is 362 g/mol. The third-order valence-electron chi connectivity index (χ3n) is 3.76. The normalized spacial score (nSPS) is 20.4. The number of amides is 1. The standard InChI is InChI=1S/C17H22N4O3S/c1-21(2)9-16-19-13(11-25-16)17(22)20-12-10-23-8-6-14(12)24-15-5-3-4-7-18-15/h3-5,7,11-12,14H,6,8-10H2,1-2H3,(H,20,22)/t12-,14-/m1/s1. The number of hydrogen-bond acceptors (Lipinski definition) is 7. The summed E-state index contributed by atoms with van der Waals surface area (Å²) in [6.07, 6.45) is 2.21. The van der Waals surface area contributed by atoms with Crippen LogP contribution in [0.25, 0.3) is 0 Å². The largest absolute Gasteiger partial charge is 0.472 e. The minimum absolute atomic E-state index is 0.174. The first-order valence-electron chi connectivity index (χ1n) is 8.17. The molecule has 1 saturated heterocycles.